The van der Waals surface area contributed by atoms with E-state index in [0.717, 1.165) is 11.3 Å². The van der Waals surface area contributed by atoms with Gasteiger partial charge in [0.1, 0.15) is 0 Å². The van der Waals surface area contributed by atoms with Gasteiger partial charge in [0.25, 0.3) is 10.0 Å². The van der Waals surface area contributed by atoms with Crippen molar-refractivity contribution in [3.05, 3.63) is 52.0 Å². The van der Waals surface area contributed by atoms with E-state index < -0.39 is 10.0 Å². The lowest BCUT2D eigenvalue weighted by Crippen LogP contribution is -2.25. The molecule has 126 valence electrons. The first-order valence-corrected chi connectivity index (χ1v) is 9.41. The lowest BCUT2D eigenvalue weighted by atomic mass is 10.2. The molecular weight excluding hydrogens is 371 g/mol. The molecule has 0 radical (unpaired) electrons. The molecule has 0 aliphatic carbocycles. The first-order valence-electron chi connectivity index (χ1n) is 7.17. The lowest BCUT2D eigenvalue weighted by molar-refractivity contribution is -0.116. The van der Waals surface area contributed by atoms with E-state index in [1.807, 2.05) is 0 Å². The Labute approximate surface area is 150 Å². The highest BCUT2D eigenvalue weighted by atomic mass is 35.5. The van der Waals surface area contributed by atoms with Crippen molar-refractivity contribution < 1.29 is 13.2 Å². The molecular formula is C16H14Cl2N2O3S. The second-order valence-corrected chi connectivity index (χ2v) is 7.97. The van der Waals surface area contributed by atoms with E-state index in [9.17, 15) is 13.2 Å². The van der Waals surface area contributed by atoms with Crippen LogP contribution in [0.5, 0.6) is 0 Å². The first-order chi connectivity index (χ1) is 11.3. The van der Waals surface area contributed by atoms with E-state index >= 15 is 0 Å². The van der Waals surface area contributed by atoms with Gasteiger partial charge in [-0.2, -0.15) is 0 Å². The van der Waals surface area contributed by atoms with Crippen LogP contribution in [0.1, 0.15) is 12.5 Å². The van der Waals surface area contributed by atoms with Gasteiger partial charge in [-0.3, -0.25) is 9.52 Å². The SMILES string of the molecule is CC(=O)N1CCc2cc(S(=O)(=O)Nc3cc(Cl)ccc3Cl)ccc21. The molecule has 1 aliphatic heterocycles. The zero-order chi connectivity index (χ0) is 17.5. The van der Waals surface area contributed by atoms with E-state index in [1.54, 1.807) is 23.1 Å². The summed E-state index contributed by atoms with van der Waals surface area (Å²) in [5, 5.41) is 0.634. The predicted octanol–water partition coefficient (Wildman–Crippen LogP) is 3.70. The Morgan fingerprint density at radius 3 is 2.62 bits per heavy atom. The van der Waals surface area contributed by atoms with E-state index in [4.69, 9.17) is 23.2 Å². The van der Waals surface area contributed by atoms with Gasteiger partial charge in [-0.15, -0.1) is 0 Å². The molecule has 5 nitrogen and oxygen atoms in total. The Morgan fingerprint density at radius 2 is 1.92 bits per heavy atom. The van der Waals surface area contributed by atoms with Crippen molar-refractivity contribution in [2.75, 3.05) is 16.2 Å². The highest BCUT2D eigenvalue weighted by Gasteiger charge is 2.25. The number of nitrogens with one attached hydrogen (secondary N) is 1. The average Bonchev–Trinajstić information content (AvgIpc) is 2.94. The molecule has 3 rings (SSSR count). The van der Waals surface area contributed by atoms with Crippen LogP contribution in [0.15, 0.2) is 41.3 Å². The van der Waals surface area contributed by atoms with Crippen molar-refractivity contribution in [1.29, 1.82) is 0 Å². The molecule has 0 aromatic heterocycles. The van der Waals surface area contributed by atoms with Crippen LogP contribution in [0.25, 0.3) is 0 Å². The maximum atomic E-state index is 12.6. The third-order valence-corrected chi connectivity index (χ3v) is 5.74. The number of sulfonamides is 1. The van der Waals surface area contributed by atoms with Gasteiger partial charge < -0.3 is 4.90 Å². The number of anilines is 2. The Hall–Kier alpha value is -1.76. The van der Waals surface area contributed by atoms with Crippen molar-refractivity contribution in [3.8, 4) is 0 Å². The Kier molecular flexibility index (Phi) is 4.46. The van der Waals surface area contributed by atoms with Crippen molar-refractivity contribution in [2.24, 2.45) is 0 Å². The summed E-state index contributed by atoms with van der Waals surface area (Å²) in [7, 11) is -3.81. The maximum absolute atomic E-state index is 12.6. The monoisotopic (exact) mass is 384 g/mol. The van der Waals surface area contributed by atoms with Crippen LogP contribution in [0.4, 0.5) is 11.4 Å². The van der Waals surface area contributed by atoms with E-state index in [-0.39, 0.29) is 21.5 Å². The number of carbonyl (C=O) groups is 1. The summed E-state index contributed by atoms with van der Waals surface area (Å²) in [4.78, 5) is 13.3. The maximum Gasteiger partial charge on any atom is 0.261 e. The van der Waals surface area contributed by atoms with Crippen molar-refractivity contribution in [3.63, 3.8) is 0 Å². The molecule has 1 amide bonds. The first kappa shape index (κ1) is 17.1. The molecule has 0 atom stereocenters. The zero-order valence-electron chi connectivity index (χ0n) is 12.7. The van der Waals surface area contributed by atoms with Gasteiger partial charge in [-0.1, -0.05) is 23.2 Å². The largest absolute Gasteiger partial charge is 0.312 e. The topological polar surface area (TPSA) is 66.5 Å². The number of carbonyl (C=O) groups excluding carboxylic acids is 1. The van der Waals surface area contributed by atoms with Crippen LogP contribution in [0, 0.1) is 0 Å². The molecule has 0 saturated heterocycles. The fourth-order valence-electron chi connectivity index (χ4n) is 2.65. The molecule has 24 heavy (non-hydrogen) atoms. The molecule has 0 saturated carbocycles. The van der Waals surface area contributed by atoms with Crippen molar-refractivity contribution in [2.45, 2.75) is 18.2 Å². The highest BCUT2D eigenvalue weighted by molar-refractivity contribution is 7.92. The molecule has 0 bridgehead atoms. The lowest BCUT2D eigenvalue weighted by Gasteiger charge is -2.15. The minimum Gasteiger partial charge on any atom is -0.312 e. The van der Waals surface area contributed by atoms with E-state index in [2.05, 4.69) is 4.72 Å². The van der Waals surface area contributed by atoms with Crippen LogP contribution in [0.3, 0.4) is 0 Å². The second kappa shape index (κ2) is 6.27. The van der Waals surface area contributed by atoms with E-state index in [0.29, 0.717) is 18.0 Å². The van der Waals surface area contributed by atoms with Gasteiger partial charge in [-0.25, -0.2) is 8.42 Å². The van der Waals surface area contributed by atoms with Crippen molar-refractivity contribution >= 4 is 50.5 Å². The Bertz CT molecular complexity index is 929. The summed E-state index contributed by atoms with van der Waals surface area (Å²) < 4.78 is 27.6. The van der Waals surface area contributed by atoms with Crippen LogP contribution in [-0.4, -0.2) is 20.9 Å². The smallest absolute Gasteiger partial charge is 0.261 e. The summed E-state index contributed by atoms with van der Waals surface area (Å²) in [6.07, 6.45) is 0.621. The molecule has 1 heterocycles. The van der Waals surface area contributed by atoms with Gasteiger partial charge in [0.2, 0.25) is 5.91 Å². The van der Waals surface area contributed by atoms with Crippen LogP contribution < -0.4 is 9.62 Å². The van der Waals surface area contributed by atoms with Crippen LogP contribution in [-0.2, 0) is 21.2 Å². The molecule has 2 aromatic rings. The molecule has 8 heteroatoms. The Morgan fingerprint density at radius 1 is 1.17 bits per heavy atom. The number of benzene rings is 2. The molecule has 0 fully saturated rings. The number of halogens is 2. The zero-order valence-corrected chi connectivity index (χ0v) is 15.0. The summed E-state index contributed by atoms with van der Waals surface area (Å²) in [6, 6.07) is 9.26. The van der Waals surface area contributed by atoms with Crippen molar-refractivity contribution in [1.82, 2.24) is 0 Å². The third kappa shape index (κ3) is 3.22. The summed E-state index contributed by atoms with van der Waals surface area (Å²) in [5.41, 5.74) is 1.79. The standard InChI is InChI=1S/C16H14Cl2N2O3S/c1-10(21)20-7-6-11-8-13(3-5-16(11)20)24(22,23)19-15-9-12(17)2-4-14(15)18/h2-5,8-9,19H,6-7H2,1H3. The van der Waals surface area contributed by atoms with Gasteiger partial charge >= 0.3 is 0 Å². The Balaban J connectivity index is 1.94. The number of hydrogen-bond donors (Lipinski definition) is 1. The number of nitrogens with zero attached hydrogens (tertiary/aromatic N) is 1. The minimum absolute atomic E-state index is 0.0619. The second-order valence-electron chi connectivity index (χ2n) is 5.44. The third-order valence-electron chi connectivity index (χ3n) is 3.81. The molecule has 0 spiro atoms. The van der Waals surface area contributed by atoms with Gasteiger partial charge in [0, 0.05) is 24.2 Å². The van der Waals surface area contributed by atoms with Crippen LogP contribution >= 0.6 is 23.2 Å². The fourth-order valence-corrected chi connectivity index (χ4v) is 4.17. The predicted molar refractivity (Wildman–Crippen MR) is 95.4 cm³/mol. The molecule has 2 aromatic carbocycles. The number of fused-ring (bicyclic) bond motifs is 1. The number of hydrogen-bond acceptors (Lipinski definition) is 3. The van der Waals surface area contributed by atoms with Gasteiger partial charge in [0.15, 0.2) is 0 Å². The van der Waals surface area contributed by atoms with Gasteiger partial charge in [0.05, 0.1) is 15.6 Å². The summed E-state index contributed by atoms with van der Waals surface area (Å²) in [5.74, 6) is -0.0619. The van der Waals surface area contributed by atoms with Gasteiger partial charge in [-0.05, 0) is 48.4 Å². The van der Waals surface area contributed by atoms with E-state index in [1.165, 1.54) is 25.1 Å². The number of amides is 1. The van der Waals surface area contributed by atoms with Crippen LogP contribution in [0.2, 0.25) is 10.0 Å². The normalized spacial score (nSPS) is 13.7. The quantitative estimate of drug-likeness (QED) is 0.876. The molecule has 0 unspecified atom stereocenters. The highest BCUT2D eigenvalue weighted by Crippen LogP contribution is 2.32. The summed E-state index contributed by atoms with van der Waals surface area (Å²) >= 11 is 11.9. The molecule has 1 aliphatic rings. The minimum atomic E-state index is -3.81. The fraction of sp³-hybridized carbons (Fsp3) is 0.188. The molecule has 1 N–H and O–H groups in total. The number of rotatable bonds is 3. The summed E-state index contributed by atoms with van der Waals surface area (Å²) in [6.45, 7) is 2.05. The average molecular weight is 385 g/mol.